The second-order valence-electron chi connectivity index (χ2n) is 3.99. The van der Waals surface area contributed by atoms with Gasteiger partial charge in [0.25, 0.3) is 0 Å². The van der Waals surface area contributed by atoms with Crippen molar-refractivity contribution in [2.75, 3.05) is 46.8 Å². The van der Waals surface area contributed by atoms with Crippen molar-refractivity contribution in [1.82, 2.24) is 0 Å². The normalized spacial score (nSPS) is 10.8. The van der Waals surface area contributed by atoms with Gasteiger partial charge in [0.05, 0.1) is 44.1 Å². The second-order valence-corrected chi connectivity index (χ2v) is 4.84. The van der Waals surface area contributed by atoms with Crippen LogP contribution in [0.5, 0.6) is 5.75 Å². The van der Waals surface area contributed by atoms with E-state index in [1.807, 2.05) is 18.2 Å². The summed E-state index contributed by atoms with van der Waals surface area (Å²) >= 11 is 3.40. The van der Waals surface area contributed by atoms with Gasteiger partial charge in [-0.15, -0.1) is 0 Å². The second kappa shape index (κ2) is 11.0. The molecule has 0 saturated heterocycles. The van der Waals surface area contributed by atoms with E-state index in [9.17, 15) is 0 Å². The Bertz CT molecular complexity index is 373. The monoisotopic (exact) mass is 348 g/mol. The molecule has 0 aromatic heterocycles. The molecule has 0 spiro atoms. The van der Waals surface area contributed by atoms with E-state index in [2.05, 4.69) is 15.9 Å². The van der Waals surface area contributed by atoms with E-state index >= 15 is 0 Å². The Hall–Kier alpha value is -0.660. The lowest BCUT2D eigenvalue weighted by Gasteiger charge is -2.10. The molecule has 0 saturated carbocycles. The average Bonchev–Trinajstić information content (AvgIpc) is 2.47. The van der Waals surface area contributed by atoms with E-state index < -0.39 is 0 Å². The molecule has 6 heteroatoms. The molecule has 0 fully saturated rings. The van der Waals surface area contributed by atoms with E-state index in [0.717, 1.165) is 15.8 Å². The standard InChI is InChI=1S/C14H21BrO5/c1-17-4-5-18-6-7-19-8-9-20-14-3-2-12(11-16)10-13(14)15/h2-3,10,16H,4-9,11H2,1H3. The van der Waals surface area contributed by atoms with Crippen molar-refractivity contribution in [3.63, 3.8) is 0 Å². The highest BCUT2D eigenvalue weighted by Gasteiger charge is 2.02. The molecule has 0 radical (unpaired) electrons. The Balaban J connectivity index is 2.06. The Morgan fingerprint density at radius 1 is 1.00 bits per heavy atom. The molecule has 5 nitrogen and oxygen atoms in total. The number of ether oxygens (including phenoxy) is 4. The zero-order valence-corrected chi connectivity index (χ0v) is 13.2. The maximum atomic E-state index is 9.00. The number of hydrogen-bond donors (Lipinski definition) is 1. The van der Waals surface area contributed by atoms with Crippen LogP contribution in [0.3, 0.4) is 0 Å². The van der Waals surface area contributed by atoms with Gasteiger partial charge in [-0.05, 0) is 33.6 Å². The van der Waals surface area contributed by atoms with Crippen LogP contribution in [0.2, 0.25) is 0 Å². The Morgan fingerprint density at radius 2 is 1.65 bits per heavy atom. The van der Waals surface area contributed by atoms with Crippen molar-refractivity contribution in [2.45, 2.75) is 6.61 Å². The summed E-state index contributed by atoms with van der Waals surface area (Å²) in [4.78, 5) is 0. The van der Waals surface area contributed by atoms with Crippen molar-refractivity contribution < 1.29 is 24.1 Å². The minimum absolute atomic E-state index is 0.0189. The van der Waals surface area contributed by atoms with E-state index in [-0.39, 0.29) is 6.61 Å². The van der Waals surface area contributed by atoms with E-state index in [1.54, 1.807) is 7.11 Å². The van der Waals surface area contributed by atoms with Crippen LogP contribution < -0.4 is 4.74 Å². The predicted molar refractivity (Wildman–Crippen MR) is 79.1 cm³/mol. The number of aliphatic hydroxyl groups is 1. The lowest BCUT2D eigenvalue weighted by molar-refractivity contribution is 0.0179. The molecule has 0 aliphatic heterocycles. The van der Waals surface area contributed by atoms with Crippen molar-refractivity contribution >= 4 is 15.9 Å². The number of halogens is 1. The molecule has 1 rings (SSSR count). The smallest absolute Gasteiger partial charge is 0.133 e. The third kappa shape index (κ3) is 7.21. The lowest BCUT2D eigenvalue weighted by Crippen LogP contribution is -2.12. The first kappa shape index (κ1) is 17.4. The highest BCUT2D eigenvalue weighted by atomic mass is 79.9. The first-order valence-corrected chi connectivity index (χ1v) is 7.23. The first-order valence-electron chi connectivity index (χ1n) is 6.44. The molecule has 0 heterocycles. The van der Waals surface area contributed by atoms with Gasteiger partial charge in [-0.3, -0.25) is 0 Å². The van der Waals surface area contributed by atoms with Crippen LogP contribution in [0.25, 0.3) is 0 Å². The third-order valence-corrected chi connectivity index (χ3v) is 3.09. The van der Waals surface area contributed by atoms with Gasteiger partial charge in [0, 0.05) is 7.11 Å². The summed E-state index contributed by atoms with van der Waals surface area (Å²) in [6.45, 7) is 3.26. The van der Waals surface area contributed by atoms with Gasteiger partial charge in [-0.1, -0.05) is 6.07 Å². The molecule has 20 heavy (non-hydrogen) atoms. The highest BCUT2D eigenvalue weighted by Crippen LogP contribution is 2.25. The lowest BCUT2D eigenvalue weighted by atomic mass is 10.2. The molecular weight excluding hydrogens is 328 g/mol. The quantitative estimate of drug-likeness (QED) is 0.620. The Labute approximate surface area is 127 Å². The van der Waals surface area contributed by atoms with E-state index in [0.29, 0.717) is 39.6 Å². The maximum absolute atomic E-state index is 9.00. The SMILES string of the molecule is COCCOCCOCCOc1ccc(CO)cc1Br. The molecule has 1 N–H and O–H groups in total. The van der Waals surface area contributed by atoms with Crippen LogP contribution >= 0.6 is 15.9 Å². The van der Waals surface area contributed by atoms with Crippen LogP contribution in [0.4, 0.5) is 0 Å². The van der Waals surface area contributed by atoms with Crippen LogP contribution in [0, 0.1) is 0 Å². The molecule has 1 aromatic carbocycles. The summed E-state index contributed by atoms with van der Waals surface area (Å²) in [5, 5.41) is 9.00. The van der Waals surface area contributed by atoms with E-state index in [1.165, 1.54) is 0 Å². The molecular formula is C14H21BrO5. The molecule has 114 valence electrons. The van der Waals surface area contributed by atoms with Gasteiger partial charge < -0.3 is 24.1 Å². The van der Waals surface area contributed by atoms with Crippen molar-refractivity contribution in [2.24, 2.45) is 0 Å². The molecule has 0 aliphatic rings. The zero-order chi connectivity index (χ0) is 14.6. The van der Waals surface area contributed by atoms with Gasteiger partial charge in [0.2, 0.25) is 0 Å². The molecule has 0 bridgehead atoms. The van der Waals surface area contributed by atoms with Crippen molar-refractivity contribution in [3.05, 3.63) is 28.2 Å². The molecule has 0 atom stereocenters. The largest absolute Gasteiger partial charge is 0.490 e. The average molecular weight is 349 g/mol. The molecule has 1 aromatic rings. The number of rotatable bonds is 11. The van der Waals surface area contributed by atoms with Gasteiger partial charge in [0.1, 0.15) is 12.4 Å². The summed E-state index contributed by atoms with van der Waals surface area (Å²) in [5.41, 5.74) is 0.841. The number of hydrogen-bond acceptors (Lipinski definition) is 5. The molecule has 0 unspecified atom stereocenters. The number of benzene rings is 1. The van der Waals surface area contributed by atoms with Gasteiger partial charge >= 0.3 is 0 Å². The van der Waals surface area contributed by atoms with Crippen LogP contribution in [-0.4, -0.2) is 51.9 Å². The van der Waals surface area contributed by atoms with Gasteiger partial charge in [0.15, 0.2) is 0 Å². The third-order valence-electron chi connectivity index (χ3n) is 2.47. The fourth-order valence-electron chi connectivity index (χ4n) is 1.43. The number of methoxy groups -OCH3 is 1. The summed E-state index contributed by atoms with van der Waals surface area (Å²) in [6.07, 6.45) is 0. The van der Waals surface area contributed by atoms with Crippen molar-refractivity contribution in [1.29, 1.82) is 0 Å². The summed E-state index contributed by atoms with van der Waals surface area (Å²) in [6, 6.07) is 5.48. The molecule has 0 aliphatic carbocycles. The predicted octanol–water partition coefficient (Wildman–Crippen LogP) is 2.00. The number of aliphatic hydroxyl groups excluding tert-OH is 1. The van der Waals surface area contributed by atoms with Crippen LogP contribution in [-0.2, 0) is 20.8 Å². The Kier molecular flexibility index (Phi) is 9.61. The topological polar surface area (TPSA) is 57.2 Å². The van der Waals surface area contributed by atoms with Crippen LogP contribution in [0.1, 0.15) is 5.56 Å². The fraction of sp³-hybridized carbons (Fsp3) is 0.571. The maximum Gasteiger partial charge on any atom is 0.133 e. The molecule has 0 amide bonds. The van der Waals surface area contributed by atoms with Gasteiger partial charge in [-0.25, -0.2) is 0 Å². The summed E-state index contributed by atoms with van der Waals surface area (Å²) in [7, 11) is 1.64. The van der Waals surface area contributed by atoms with E-state index in [4.69, 9.17) is 24.1 Å². The highest BCUT2D eigenvalue weighted by molar-refractivity contribution is 9.10. The van der Waals surface area contributed by atoms with Crippen LogP contribution in [0.15, 0.2) is 22.7 Å². The van der Waals surface area contributed by atoms with Crippen molar-refractivity contribution in [3.8, 4) is 5.75 Å². The Morgan fingerprint density at radius 3 is 2.25 bits per heavy atom. The first-order chi connectivity index (χ1) is 9.77. The summed E-state index contributed by atoms with van der Waals surface area (Å²) < 4.78 is 21.9. The minimum Gasteiger partial charge on any atom is -0.490 e. The zero-order valence-electron chi connectivity index (χ0n) is 11.6. The summed E-state index contributed by atoms with van der Waals surface area (Å²) in [5.74, 6) is 0.738. The fourth-order valence-corrected chi connectivity index (χ4v) is 1.98. The van der Waals surface area contributed by atoms with Gasteiger partial charge in [-0.2, -0.15) is 0 Å². The minimum atomic E-state index is 0.0189.